The van der Waals surface area contributed by atoms with Gasteiger partial charge in [-0.25, -0.2) is 4.99 Å². The quantitative estimate of drug-likeness (QED) is 0.538. The molecule has 1 saturated heterocycles. The number of aryl methyl sites for hydroxylation is 3. The summed E-state index contributed by atoms with van der Waals surface area (Å²) in [4.78, 5) is 20.5. The van der Waals surface area contributed by atoms with E-state index >= 15 is 0 Å². The normalized spacial score (nSPS) is 22.4. The van der Waals surface area contributed by atoms with Gasteiger partial charge in [-0.15, -0.1) is 0 Å². The Hall–Kier alpha value is -2.53. The van der Waals surface area contributed by atoms with E-state index in [1.807, 2.05) is 18.2 Å². The van der Waals surface area contributed by atoms with E-state index in [0.717, 1.165) is 24.2 Å². The van der Waals surface area contributed by atoms with Crippen molar-refractivity contribution in [2.24, 2.45) is 4.99 Å². The van der Waals surface area contributed by atoms with Gasteiger partial charge >= 0.3 is 0 Å². The highest BCUT2D eigenvalue weighted by Crippen LogP contribution is 2.44. The molecule has 2 aromatic carbocycles. The van der Waals surface area contributed by atoms with E-state index in [2.05, 4.69) is 81.9 Å². The number of amidine groups is 1. The lowest BCUT2D eigenvalue weighted by atomic mass is 9.79. The molecule has 0 saturated carbocycles. The van der Waals surface area contributed by atoms with Gasteiger partial charge in [-0.1, -0.05) is 13.0 Å². The van der Waals surface area contributed by atoms with Gasteiger partial charge in [0.25, 0.3) is 5.91 Å². The van der Waals surface area contributed by atoms with Crippen molar-refractivity contribution in [1.29, 1.82) is 0 Å². The number of thioether (sulfide) groups is 1. The van der Waals surface area contributed by atoms with Crippen LogP contribution in [0.2, 0.25) is 0 Å². The van der Waals surface area contributed by atoms with Gasteiger partial charge < -0.3 is 10.2 Å². The van der Waals surface area contributed by atoms with Crippen molar-refractivity contribution in [3.05, 3.63) is 63.1 Å². The second-order valence-electron chi connectivity index (χ2n) is 9.68. The number of nitrogens with zero attached hydrogens (tertiary/aromatic N) is 2. The molecule has 1 amide bonds. The van der Waals surface area contributed by atoms with Crippen LogP contribution < -0.4 is 10.2 Å². The van der Waals surface area contributed by atoms with Crippen LogP contribution in [0.1, 0.15) is 67.9 Å². The number of benzene rings is 2. The third-order valence-corrected chi connectivity index (χ3v) is 7.66. The molecule has 2 aliphatic heterocycles. The second-order valence-corrected chi connectivity index (χ2v) is 10.7. The Morgan fingerprint density at radius 3 is 2.59 bits per heavy atom. The van der Waals surface area contributed by atoms with Crippen LogP contribution >= 0.6 is 11.8 Å². The Morgan fingerprint density at radius 1 is 1.16 bits per heavy atom. The number of rotatable bonds is 3. The third kappa shape index (κ3) is 4.23. The molecule has 2 aromatic rings. The number of amides is 1. The Balaban J connectivity index is 1.66. The van der Waals surface area contributed by atoms with Crippen molar-refractivity contribution in [2.45, 2.75) is 66.3 Å². The fourth-order valence-corrected chi connectivity index (χ4v) is 5.77. The molecule has 0 bridgehead atoms. The van der Waals surface area contributed by atoms with Crippen LogP contribution in [0.5, 0.6) is 0 Å². The van der Waals surface area contributed by atoms with Crippen LogP contribution in [0.3, 0.4) is 0 Å². The number of aliphatic imine (C=N–C) groups is 1. The highest BCUT2D eigenvalue weighted by Gasteiger charge is 2.36. The molecule has 5 heteroatoms. The highest BCUT2D eigenvalue weighted by molar-refractivity contribution is 8.18. The SMILES string of the molecule is CCN1c2cc(C)c(/C=C3\SC(=Nc4ccc(C)c(C)c4)NC3=O)cc2[C@@H](C)CC1(C)C. The fraction of sp³-hybridized carbons (Fsp3) is 0.407. The Morgan fingerprint density at radius 2 is 1.91 bits per heavy atom. The van der Waals surface area contributed by atoms with E-state index in [9.17, 15) is 4.79 Å². The zero-order valence-electron chi connectivity index (χ0n) is 20.2. The van der Waals surface area contributed by atoms with E-state index in [1.165, 1.54) is 39.7 Å². The van der Waals surface area contributed by atoms with E-state index < -0.39 is 0 Å². The summed E-state index contributed by atoms with van der Waals surface area (Å²) in [5.74, 6) is 0.395. The molecule has 0 spiro atoms. The summed E-state index contributed by atoms with van der Waals surface area (Å²) in [7, 11) is 0. The Kier molecular flexibility index (Phi) is 5.97. The molecule has 32 heavy (non-hydrogen) atoms. The van der Waals surface area contributed by atoms with Gasteiger partial charge in [0.15, 0.2) is 5.17 Å². The second kappa shape index (κ2) is 8.43. The molecule has 0 radical (unpaired) electrons. The van der Waals surface area contributed by atoms with Gasteiger partial charge in [-0.2, -0.15) is 0 Å². The average Bonchev–Trinajstić information content (AvgIpc) is 3.04. The molecular formula is C27H33N3OS. The van der Waals surface area contributed by atoms with Crippen molar-refractivity contribution in [1.82, 2.24) is 5.32 Å². The first kappa shape index (κ1) is 22.7. The number of hydrogen-bond acceptors (Lipinski definition) is 4. The number of carbonyl (C=O) groups excluding carboxylic acids is 1. The maximum absolute atomic E-state index is 12.7. The maximum atomic E-state index is 12.7. The molecule has 0 aromatic heterocycles. The van der Waals surface area contributed by atoms with Crippen LogP contribution in [0.25, 0.3) is 6.08 Å². The summed E-state index contributed by atoms with van der Waals surface area (Å²) in [5.41, 5.74) is 8.43. The zero-order chi connectivity index (χ0) is 23.2. The lowest BCUT2D eigenvalue weighted by Gasteiger charge is -2.47. The summed E-state index contributed by atoms with van der Waals surface area (Å²) in [6, 6.07) is 10.7. The summed E-state index contributed by atoms with van der Waals surface area (Å²) >= 11 is 1.41. The summed E-state index contributed by atoms with van der Waals surface area (Å²) < 4.78 is 0. The van der Waals surface area contributed by atoms with Gasteiger partial charge in [-0.3, -0.25) is 4.79 Å². The highest BCUT2D eigenvalue weighted by atomic mass is 32.2. The Labute approximate surface area is 196 Å². The van der Waals surface area contributed by atoms with E-state index in [4.69, 9.17) is 0 Å². The Bertz CT molecular complexity index is 1150. The number of anilines is 1. The van der Waals surface area contributed by atoms with Crippen LogP contribution in [-0.2, 0) is 4.79 Å². The van der Waals surface area contributed by atoms with Crippen LogP contribution in [0.15, 0.2) is 40.2 Å². The minimum atomic E-state index is -0.0842. The predicted molar refractivity (Wildman–Crippen MR) is 138 cm³/mol. The lowest BCUT2D eigenvalue weighted by molar-refractivity contribution is -0.115. The van der Waals surface area contributed by atoms with Crippen LogP contribution in [0.4, 0.5) is 11.4 Å². The van der Waals surface area contributed by atoms with E-state index in [-0.39, 0.29) is 11.4 Å². The summed E-state index contributed by atoms with van der Waals surface area (Å²) in [6.45, 7) is 16.5. The molecule has 168 valence electrons. The molecule has 2 aliphatic rings. The van der Waals surface area contributed by atoms with Gasteiger partial charge in [0.05, 0.1) is 10.6 Å². The standard InChI is InChI=1S/C27H33N3OS/c1-8-30-23-12-18(4)20(13-22(23)19(5)15-27(30,6)7)14-24-25(31)29-26(32-24)28-21-10-9-16(2)17(3)11-21/h9-14,19H,8,15H2,1-7H3,(H,28,29,31)/b24-14-/t19-/m0/s1. The number of nitrogens with one attached hydrogen (secondary N) is 1. The number of hydrogen-bond donors (Lipinski definition) is 1. The van der Waals surface area contributed by atoms with Gasteiger partial charge in [-0.05, 0) is 124 Å². The molecule has 4 rings (SSSR count). The molecule has 1 N–H and O–H groups in total. The molecule has 2 heterocycles. The number of carbonyl (C=O) groups is 1. The predicted octanol–water partition coefficient (Wildman–Crippen LogP) is 6.62. The van der Waals surface area contributed by atoms with Gasteiger partial charge in [0.1, 0.15) is 0 Å². The minimum absolute atomic E-state index is 0.0842. The molecule has 1 atom stereocenters. The molecule has 4 nitrogen and oxygen atoms in total. The zero-order valence-corrected chi connectivity index (χ0v) is 21.0. The van der Waals surface area contributed by atoms with Gasteiger partial charge in [0.2, 0.25) is 0 Å². The first-order valence-electron chi connectivity index (χ1n) is 11.4. The van der Waals surface area contributed by atoms with Crippen molar-refractivity contribution in [3.63, 3.8) is 0 Å². The molecule has 0 aliphatic carbocycles. The van der Waals surface area contributed by atoms with Gasteiger partial charge in [0, 0.05) is 17.8 Å². The minimum Gasteiger partial charge on any atom is -0.366 e. The third-order valence-electron chi connectivity index (χ3n) is 6.75. The van der Waals surface area contributed by atoms with E-state index in [0.29, 0.717) is 16.0 Å². The van der Waals surface area contributed by atoms with Crippen molar-refractivity contribution in [3.8, 4) is 0 Å². The lowest BCUT2D eigenvalue weighted by Crippen LogP contribution is -2.48. The molecular weight excluding hydrogens is 414 g/mol. The summed E-state index contributed by atoms with van der Waals surface area (Å²) in [6.07, 6.45) is 3.14. The smallest absolute Gasteiger partial charge is 0.264 e. The molecule has 0 unspecified atom stereocenters. The monoisotopic (exact) mass is 447 g/mol. The van der Waals surface area contributed by atoms with Crippen molar-refractivity contribution >= 4 is 40.3 Å². The fourth-order valence-electron chi connectivity index (χ4n) is 4.94. The van der Waals surface area contributed by atoms with Crippen molar-refractivity contribution in [2.75, 3.05) is 11.4 Å². The van der Waals surface area contributed by atoms with Crippen LogP contribution in [0, 0.1) is 20.8 Å². The molecule has 1 fully saturated rings. The van der Waals surface area contributed by atoms with Crippen molar-refractivity contribution < 1.29 is 4.79 Å². The maximum Gasteiger partial charge on any atom is 0.264 e. The van der Waals surface area contributed by atoms with Crippen LogP contribution in [-0.4, -0.2) is 23.2 Å². The van der Waals surface area contributed by atoms with E-state index in [1.54, 1.807) is 0 Å². The first-order chi connectivity index (χ1) is 15.1. The number of fused-ring (bicyclic) bond motifs is 1. The average molecular weight is 448 g/mol. The first-order valence-corrected chi connectivity index (χ1v) is 12.2. The summed E-state index contributed by atoms with van der Waals surface area (Å²) in [5, 5.41) is 3.55. The largest absolute Gasteiger partial charge is 0.366 e. The topological polar surface area (TPSA) is 44.7 Å².